The number of amides is 1. The van der Waals surface area contributed by atoms with E-state index in [2.05, 4.69) is 10.0 Å². The molecule has 3 rings (SSSR count). The second kappa shape index (κ2) is 9.14. The van der Waals surface area contributed by atoms with Crippen LogP contribution in [0.2, 0.25) is 0 Å². The third-order valence-corrected chi connectivity index (χ3v) is 6.41. The molecule has 1 saturated carbocycles. The zero-order valence-electron chi connectivity index (χ0n) is 15.3. The standard InChI is InChI=1S/C19H28N2O5S/c22-12-18-17(21-27(24,25)13-14-4-2-1-3-5-14)9-8-16(26-18)10-11-20-19(23)15-6-7-15/h1-5,15-18,21-22H,6-13H2,(H,20,23)/t16-,17+,18+/m0/s1. The Morgan fingerprint density at radius 3 is 2.56 bits per heavy atom. The number of aliphatic hydroxyl groups excluding tert-OH is 1. The highest BCUT2D eigenvalue weighted by Gasteiger charge is 2.34. The van der Waals surface area contributed by atoms with Crippen molar-refractivity contribution in [3.63, 3.8) is 0 Å². The quantitative estimate of drug-likeness (QED) is 0.576. The second-order valence-corrected chi connectivity index (χ2v) is 9.13. The van der Waals surface area contributed by atoms with Gasteiger partial charge in [-0.05, 0) is 37.7 Å². The minimum absolute atomic E-state index is 0.0865. The van der Waals surface area contributed by atoms with Gasteiger partial charge in [0.15, 0.2) is 0 Å². The van der Waals surface area contributed by atoms with Crippen LogP contribution in [0.15, 0.2) is 30.3 Å². The first-order valence-corrected chi connectivity index (χ1v) is 11.2. The van der Waals surface area contributed by atoms with Crippen LogP contribution in [0.1, 0.15) is 37.7 Å². The van der Waals surface area contributed by atoms with Crippen molar-refractivity contribution in [2.24, 2.45) is 5.92 Å². The Morgan fingerprint density at radius 2 is 1.89 bits per heavy atom. The molecule has 1 aliphatic heterocycles. The molecule has 1 aliphatic carbocycles. The van der Waals surface area contributed by atoms with Gasteiger partial charge in [0.05, 0.1) is 30.6 Å². The van der Waals surface area contributed by atoms with E-state index in [4.69, 9.17) is 4.74 Å². The summed E-state index contributed by atoms with van der Waals surface area (Å²) < 4.78 is 33.4. The minimum Gasteiger partial charge on any atom is -0.394 e. The fourth-order valence-corrected chi connectivity index (χ4v) is 4.84. The van der Waals surface area contributed by atoms with Crippen molar-refractivity contribution in [1.82, 2.24) is 10.0 Å². The molecule has 0 unspecified atom stereocenters. The van der Waals surface area contributed by atoms with E-state index in [0.29, 0.717) is 31.4 Å². The van der Waals surface area contributed by atoms with Crippen LogP contribution in [-0.4, -0.2) is 50.8 Å². The molecule has 1 saturated heterocycles. The maximum absolute atomic E-state index is 12.4. The van der Waals surface area contributed by atoms with Gasteiger partial charge in [0.2, 0.25) is 15.9 Å². The van der Waals surface area contributed by atoms with E-state index in [9.17, 15) is 18.3 Å². The average molecular weight is 397 g/mol. The van der Waals surface area contributed by atoms with E-state index >= 15 is 0 Å². The summed E-state index contributed by atoms with van der Waals surface area (Å²) in [6, 6.07) is 8.54. The number of hydrogen-bond acceptors (Lipinski definition) is 5. The molecule has 0 aromatic heterocycles. The Morgan fingerprint density at radius 1 is 1.15 bits per heavy atom. The highest BCUT2D eigenvalue weighted by Crippen LogP contribution is 2.29. The summed E-state index contributed by atoms with van der Waals surface area (Å²) in [7, 11) is -3.52. The van der Waals surface area contributed by atoms with Crippen molar-refractivity contribution >= 4 is 15.9 Å². The Hall–Kier alpha value is -1.48. The molecule has 1 aromatic carbocycles. The van der Waals surface area contributed by atoms with Crippen LogP contribution in [0.4, 0.5) is 0 Å². The van der Waals surface area contributed by atoms with Crippen LogP contribution in [-0.2, 0) is 25.3 Å². The van der Waals surface area contributed by atoms with Gasteiger partial charge in [0, 0.05) is 12.5 Å². The summed E-state index contributed by atoms with van der Waals surface area (Å²) in [4.78, 5) is 11.7. The molecule has 27 heavy (non-hydrogen) atoms. The van der Waals surface area contributed by atoms with E-state index in [-0.39, 0.29) is 30.3 Å². The molecule has 7 nitrogen and oxygen atoms in total. The number of nitrogens with one attached hydrogen (secondary N) is 2. The van der Waals surface area contributed by atoms with Gasteiger partial charge >= 0.3 is 0 Å². The Labute approximate surface area is 160 Å². The van der Waals surface area contributed by atoms with Crippen molar-refractivity contribution in [1.29, 1.82) is 0 Å². The molecule has 3 N–H and O–H groups in total. The molecule has 2 fully saturated rings. The SMILES string of the molecule is O=C(NCC[C@@H]1CC[C@@H](NS(=O)(=O)Cc2ccccc2)[C@@H](CO)O1)C1CC1. The van der Waals surface area contributed by atoms with Gasteiger partial charge in [-0.25, -0.2) is 13.1 Å². The molecule has 1 aromatic rings. The lowest BCUT2D eigenvalue weighted by Gasteiger charge is -2.36. The van der Waals surface area contributed by atoms with Crippen molar-refractivity contribution in [3.8, 4) is 0 Å². The molecule has 0 spiro atoms. The second-order valence-electron chi connectivity index (χ2n) is 7.38. The van der Waals surface area contributed by atoms with Crippen molar-refractivity contribution in [2.75, 3.05) is 13.2 Å². The Bertz CT molecular complexity index is 721. The maximum atomic E-state index is 12.4. The first-order chi connectivity index (χ1) is 13.0. The molecule has 0 bridgehead atoms. The van der Waals surface area contributed by atoms with Gasteiger partial charge < -0.3 is 15.2 Å². The largest absolute Gasteiger partial charge is 0.394 e. The van der Waals surface area contributed by atoms with E-state index < -0.39 is 22.2 Å². The van der Waals surface area contributed by atoms with Gasteiger partial charge in [-0.2, -0.15) is 0 Å². The highest BCUT2D eigenvalue weighted by atomic mass is 32.2. The van der Waals surface area contributed by atoms with Crippen molar-refractivity contribution in [2.45, 2.75) is 56.1 Å². The Balaban J connectivity index is 1.46. The number of benzene rings is 1. The van der Waals surface area contributed by atoms with Crippen LogP contribution < -0.4 is 10.0 Å². The number of carbonyl (C=O) groups excluding carboxylic acids is 1. The summed E-state index contributed by atoms with van der Waals surface area (Å²) in [5, 5.41) is 12.5. The van der Waals surface area contributed by atoms with Crippen LogP contribution in [0.3, 0.4) is 0 Å². The third kappa shape index (κ3) is 6.27. The summed E-state index contributed by atoms with van der Waals surface area (Å²) >= 11 is 0. The smallest absolute Gasteiger partial charge is 0.223 e. The fraction of sp³-hybridized carbons (Fsp3) is 0.632. The van der Waals surface area contributed by atoms with Gasteiger partial charge in [0.25, 0.3) is 0 Å². The molecule has 1 heterocycles. The summed E-state index contributed by atoms with van der Waals surface area (Å²) in [6.45, 7) is 0.298. The average Bonchev–Trinajstić information content (AvgIpc) is 3.48. The maximum Gasteiger partial charge on any atom is 0.223 e. The molecule has 8 heteroatoms. The molecular weight excluding hydrogens is 368 g/mol. The molecule has 1 amide bonds. The monoisotopic (exact) mass is 396 g/mol. The van der Waals surface area contributed by atoms with Crippen molar-refractivity contribution < 1.29 is 23.1 Å². The van der Waals surface area contributed by atoms with E-state index in [1.165, 1.54) is 0 Å². The normalized spacial score (nSPS) is 25.9. The lowest BCUT2D eigenvalue weighted by molar-refractivity contribution is -0.122. The van der Waals surface area contributed by atoms with Crippen LogP contribution in [0.5, 0.6) is 0 Å². The number of aliphatic hydroxyl groups is 1. The van der Waals surface area contributed by atoms with E-state index in [0.717, 1.165) is 12.8 Å². The van der Waals surface area contributed by atoms with E-state index in [1.807, 2.05) is 6.07 Å². The first kappa shape index (κ1) is 20.3. The lowest BCUT2D eigenvalue weighted by Crippen LogP contribution is -2.51. The number of sulfonamides is 1. The third-order valence-electron chi connectivity index (χ3n) is 5.04. The molecule has 0 radical (unpaired) electrons. The lowest BCUT2D eigenvalue weighted by atomic mass is 9.98. The zero-order valence-corrected chi connectivity index (χ0v) is 16.2. The molecule has 150 valence electrons. The number of carbonyl (C=O) groups is 1. The fourth-order valence-electron chi connectivity index (χ4n) is 3.39. The van der Waals surface area contributed by atoms with Gasteiger partial charge in [-0.1, -0.05) is 30.3 Å². The zero-order chi connectivity index (χ0) is 19.3. The predicted octanol–water partition coefficient (Wildman–Crippen LogP) is 0.931. The molecule has 3 atom stereocenters. The van der Waals surface area contributed by atoms with Crippen molar-refractivity contribution in [3.05, 3.63) is 35.9 Å². The molecule has 2 aliphatic rings. The minimum atomic E-state index is -3.52. The number of rotatable bonds is 9. The predicted molar refractivity (Wildman–Crippen MR) is 101 cm³/mol. The summed E-state index contributed by atoms with van der Waals surface area (Å²) in [5.74, 6) is 0.195. The van der Waals surface area contributed by atoms with Gasteiger partial charge in [-0.3, -0.25) is 4.79 Å². The summed E-state index contributed by atoms with van der Waals surface area (Å²) in [6.07, 6.45) is 3.24. The first-order valence-electron chi connectivity index (χ1n) is 9.55. The van der Waals surface area contributed by atoms with Gasteiger partial charge in [-0.15, -0.1) is 0 Å². The summed E-state index contributed by atoms with van der Waals surface area (Å²) in [5.41, 5.74) is 0.714. The number of hydrogen-bond donors (Lipinski definition) is 3. The van der Waals surface area contributed by atoms with Gasteiger partial charge in [0.1, 0.15) is 0 Å². The molecular formula is C19H28N2O5S. The van der Waals surface area contributed by atoms with Crippen LogP contribution in [0.25, 0.3) is 0 Å². The van der Waals surface area contributed by atoms with E-state index in [1.54, 1.807) is 24.3 Å². The van der Waals surface area contributed by atoms with Crippen LogP contribution >= 0.6 is 0 Å². The Kier molecular flexibility index (Phi) is 6.86. The highest BCUT2D eigenvalue weighted by molar-refractivity contribution is 7.88. The topological polar surface area (TPSA) is 105 Å². The van der Waals surface area contributed by atoms with Crippen LogP contribution in [0, 0.1) is 5.92 Å². The number of ether oxygens (including phenoxy) is 1.